The minimum Gasteiger partial charge on any atom is -0.309 e. The number of benzene rings is 1. The van der Waals surface area contributed by atoms with E-state index in [4.69, 9.17) is 0 Å². The molecule has 3 nitrogen and oxygen atoms in total. The molecule has 3 heteroatoms. The van der Waals surface area contributed by atoms with E-state index < -0.39 is 0 Å². The van der Waals surface area contributed by atoms with Crippen LogP contribution in [-0.2, 0) is 0 Å². The quantitative estimate of drug-likeness (QED) is 0.870. The van der Waals surface area contributed by atoms with E-state index in [1.54, 1.807) is 12.4 Å². The molecule has 2 rings (SSSR count). The lowest BCUT2D eigenvalue weighted by atomic mass is 9.98. The number of nitrogens with zero attached hydrogens (tertiary/aromatic N) is 2. The Balaban J connectivity index is 1.83. The lowest BCUT2D eigenvalue weighted by molar-refractivity contribution is 0.519. The maximum absolute atomic E-state index is 4.41. The van der Waals surface area contributed by atoms with E-state index >= 15 is 0 Å². The molecule has 20 heavy (non-hydrogen) atoms. The van der Waals surface area contributed by atoms with Crippen LogP contribution >= 0.6 is 0 Å². The van der Waals surface area contributed by atoms with Crippen molar-refractivity contribution in [2.24, 2.45) is 0 Å². The highest BCUT2D eigenvalue weighted by atomic mass is 14.9. The zero-order valence-electron chi connectivity index (χ0n) is 12.5. The summed E-state index contributed by atoms with van der Waals surface area (Å²) in [6.07, 6.45) is 4.61. The largest absolute Gasteiger partial charge is 0.309 e. The van der Waals surface area contributed by atoms with Crippen LogP contribution in [0, 0.1) is 6.92 Å². The fourth-order valence-electron chi connectivity index (χ4n) is 2.40. The van der Waals surface area contributed by atoms with E-state index in [2.05, 4.69) is 59.5 Å². The van der Waals surface area contributed by atoms with Crippen molar-refractivity contribution < 1.29 is 0 Å². The van der Waals surface area contributed by atoms with Gasteiger partial charge >= 0.3 is 0 Å². The first-order valence-corrected chi connectivity index (χ1v) is 7.24. The Morgan fingerprint density at radius 3 is 2.45 bits per heavy atom. The maximum atomic E-state index is 4.41. The second-order valence-corrected chi connectivity index (χ2v) is 5.30. The third kappa shape index (κ3) is 3.87. The van der Waals surface area contributed by atoms with Gasteiger partial charge in [0, 0.05) is 18.4 Å². The molecular weight excluding hydrogens is 246 g/mol. The number of hydrogen-bond acceptors (Lipinski definition) is 3. The van der Waals surface area contributed by atoms with E-state index in [1.165, 1.54) is 5.56 Å². The Morgan fingerprint density at radius 2 is 1.75 bits per heavy atom. The maximum Gasteiger partial charge on any atom is 0.0782 e. The fourth-order valence-corrected chi connectivity index (χ4v) is 2.40. The molecule has 2 aromatic rings. The van der Waals surface area contributed by atoms with E-state index in [-0.39, 0.29) is 6.04 Å². The molecule has 1 heterocycles. The summed E-state index contributed by atoms with van der Waals surface area (Å²) in [6, 6.07) is 10.9. The Hall–Kier alpha value is -1.74. The second-order valence-electron chi connectivity index (χ2n) is 5.30. The third-order valence-corrected chi connectivity index (χ3v) is 3.73. The smallest absolute Gasteiger partial charge is 0.0782 e. The molecule has 0 saturated carbocycles. The topological polar surface area (TPSA) is 37.8 Å². The normalized spacial score (nSPS) is 13.9. The summed E-state index contributed by atoms with van der Waals surface area (Å²) in [5.41, 5.74) is 3.45. The van der Waals surface area contributed by atoms with Crippen molar-refractivity contribution in [3.63, 3.8) is 0 Å². The molecular formula is C17H23N3. The van der Waals surface area contributed by atoms with Gasteiger partial charge in [0.2, 0.25) is 0 Å². The highest BCUT2D eigenvalue weighted by Crippen LogP contribution is 2.18. The van der Waals surface area contributed by atoms with Crippen molar-refractivity contribution >= 4 is 0 Å². The molecule has 106 valence electrons. The summed E-state index contributed by atoms with van der Waals surface area (Å²) < 4.78 is 0. The van der Waals surface area contributed by atoms with Crippen LogP contribution in [0.25, 0.3) is 0 Å². The van der Waals surface area contributed by atoms with Gasteiger partial charge in [-0.3, -0.25) is 9.97 Å². The Morgan fingerprint density at radius 1 is 1.05 bits per heavy atom. The van der Waals surface area contributed by atoms with Gasteiger partial charge in [-0.05, 0) is 38.3 Å². The first kappa shape index (κ1) is 14.7. The van der Waals surface area contributed by atoms with E-state index in [0.717, 1.165) is 24.4 Å². The number of aryl methyl sites for hydroxylation is 1. The van der Waals surface area contributed by atoms with Crippen LogP contribution in [0.3, 0.4) is 0 Å². The van der Waals surface area contributed by atoms with Crippen LogP contribution in [-0.4, -0.2) is 16.5 Å². The summed E-state index contributed by atoms with van der Waals surface area (Å²) in [5, 5.41) is 3.54. The SMILES string of the molecule is Cc1nccnc1C(C)NCCC(C)c1ccccc1. The molecule has 2 atom stereocenters. The van der Waals surface area contributed by atoms with Gasteiger partial charge in [0.25, 0.3) is 0 Å². The Bertz CT molecular complexity index is 525. The van der Waals surface area contributed by atoms with Gasteiger partial charge in [-0.25, -0.2) is 0 Å². The summed E-state index contributed by atoms with van der Waals surface area (Å²) in [5.74, 6) is 0.568. The molecule has 0 amide bonds. The highest BCUT2D eigenvalue weighted by molar-refractivity contribution is 5.18. The molecule has 0 saturated heterocycles. The van der Waals surface area contributed by atoms with Crippen LogP contribution in [0.5, 0.6) is 0 Å². The number of nitrogens with one attached hydrogen (secondary N) is 1. The first-order chi connectivity index (χ1) is 9.68. The van der Waals surface area contributed by atoms with Crippen molar-refractivity contribution in [2.75, 3.05) is 6.54 Å². The predicted molar refractivity (Wildman–Crippen MR) is 82.7 cm³/mol. The van der Waals surface area contributed by atoms with E-state index in [1.807, 2.05) is 6.92 Å². The predicted octanol–water partition coefficient (Wildman–Crippen LogP) is 3.63. The van der Waals surface area contributed by atoms with Crippen molar-refractivity contribution in [2.45, 2.75) is 39.2 Å². The number of hydrogen-bond donors (Lipinski definition) is 1. The number of aromatic nitrogens is 2. The fraction of sp³-hybridized carbons (Fsp3) is 0.412. The average molecular weight is 269 g/mol. The average Bonchev–Trinajstić information content (AvgIpc) is 2.48. The molecule has 0 spiro atoms. The zero-order valence-corrected chi connectivity index (χ0v) is 12.5. The van der Waals surface area contributed by atoms with E-state index in [0.29, 0.717) is 5.92 Å². The summed E-state index contributed by atoms with van der Waals surface area (Å²) in [4.78, 5) is 8.70. The first-order valence-electron chi connectivity index (χ1n) is 7.24. The molecule has 0 aliphatic carbocycles. The van der Waals surface area contributed by atoms with Gasteiger partial charge in [0.1, 0.15) is 0 Å². The molecule has 0 aliphatic rings. The van der Waals surface area contributed by atoms with Crippen LogP contribution < -0.4 is 5.32 Å². The Kier molecular flexibility index (Phi) is 5.24. The molecule has 0 bridgehead atoms. The molecule has 0 radical (unpaired) electrons. The van der Waals surface area contributed by atoms with Crippen LogP contribution in [0.2, 0.25) is 0 Å². The lowest BCUT2D eigenvalue weighted by Gasteiger charge is -2.17. The second kappa shape index (κ2) is 7.15. The summed E-state index contributed by atoms with van der Waals surface area (Å²) >= 11 is 0. The van der Waals surface area contributed by atoms with Gasteiger partial charge in [-0.1, -0.05) is 37.3 Å². The van der Waals surface area contributed by atoms with Gasteiger partial charge in [0.15, 0.2) is 0 Å². The van der Waals surface area contributed by atoms with Crippen LogP contribution in [0.1, 0.15) is 49.2 Å². The van der Waals surface area contributed by atoms with Crippen molar-refractivity contribution in [1.82, 2.24) is 15.3 Å². The standard InChI is InChI=1S/C17H23N3/c1-13(16-7-5-4-6-8-16)9-10-18-14(2)17-15(3)19-11-12-20-17/h4-8,11-14,18H,9-10H2,1-3H3. The lowest BCUT2D eigenvalue weighted by Crippen LogP contribution is -2.23. The van der Waals surface area contributed by atoms with Crippen LogP contribution in [0.4, 0.5) is 0 Å². The molecule has 0 aliphatic heterocycles. The van der Waals surface area contributed by atoms with Gasteiger partial charge in [-0.2, -0.15) is 0 Å². The minimum atomic E-state index is 0.242. The summed E-state index contributed by atoms with van der Waals surface area (Å²) in [7, 11) is 0. The van der Waals surface area contributed by atoms with E-state index in [9.17, 15) is 0 Å². The molecule has 1 aromatic heterocycles. The monoisotopic (exact) mass is 269 g/mol. The zero-order chi connectivity index (χ0) is 14.4. The molecule has 0 fully saturated rings. The highest BCUT2D eigenvalue weighted by Gasteiger charge is 2.11. The Labute approximate surface area is 121 Å². The number of rotatable bonds is 6. The minimum absolute atomic E-state index is 0.242. The van der Waals surface area contributed by atoms with Crippen molar-refractivity contribution in [3.05, 3.63) is 59.7 Å². The van der Waals surface area contributed by atoms with Gasteiger partial charge in [0.05, 0.1) is 11.4 Å². The third-order valence-electron chi connectivity index (χ3n) is 3.73. The molecule has 1 aromatic carbocycles. The molecule has 1 N–H and O–H groups in total. The molecule has 2 unspecified atom stereocenters. The summed E-state index contributed by atoms with van der Waals surface area (Å²) in [6.45, 7) is 7.40. The van der Waals surface area contributed by atoms with Crippen molar-refractivity contribution in [1.29, 1.82) is 0 Å². The van der Waals surface area contributed by atoms with Gasteiger partial charge in [-0.15, -0.1) is 0 Å². The van der Waals surface area contributed by atoms with Gasteiger partial charge < -0.3 is 5.32 Å². The van der Waals surface area contributed by atoms with Crippen molar-refractivity contribution in [3.8, 4) is 0 Å². The van der Waals surface area contributed by atoms with Crippen LogP contribution in [0.15, 0.2) is 42.7 Å².